The van der Waals surface area contributed by atoms with Gasteiger partial charge in [0, 0.05) is 5.02 Å². The summed E-state index contributed by atoms with van der Waals surface area (Å²) in [5.41, 5.74) is 0.398. The fourth-order valence-corrected chi connectivity index (χ4v) is 2.81. The molecule has 7 heteroatoms. The van der Waals surface area contributed by atoms with Crippen LogP contribution in [-0.2, 0) is 15.3 Å². The highest BCUT2D eigenvalue weighted by atomic mass is 79.9. The Kier molecular flexibility index (Phi) is 5.23. The van der Waals surface area contributed by atoms with E-state index in [0.717, 1.165) is 6.42 Å². The number of alkyl halides is 3. The van der Waals surface area contributed by atoms with Crippen molar-refractivity contribution in [1.29, 1.82) is 0 Å². The molecular formula is C13H14BrClF2O3. The summed E-state index contributed by atoms with van der Waals surface area (Å²) >= 11 is 9.15. The molecule has 0 bridgehead atoms. The van der Waals surface area contributed by atoms with Crippen molar-refractivity contribution >= 4 is 27.5 Å². The average Bonchev–Trinajstić information content (AvgIpc) is 2.83. The third-order valence-electron chi connectivity index (χ3n) is 3.06. The van der Waals surface area contributed by atoms with E-state index < -0.39 is 12.4 Å². The molecule has 1 heterocycles. The smallest absolute Gasteiger partial charge is 0.387 e. The monoisotopic (exact) mass is 370 g/mol. The molecule has 0 amide bonds. The van der Waals surface area contributed by atoms with Gasteiger partial charge in [-0.1, -0.05) is 34.5 Å². The topological polar surface area (TPSA) is 27.7 Å². The Morgan fingerprint density at radius 1 is 1.55 bits per heavy atom. The van der Waals surface area contributed by atoms with Crippen molar-refractivity contribution in [3.05, 3.63) is 28.8 Å². The zero-order valence-electron chi connectivity index (χ0n) is 10.7. The normalized spacial score (nSPS) is 26.2. The van der Waals surface area contributed by atoms with Crippen LogP contribution >= 0.6 is 27.5 Å². The summed E-state index contributed by atoms with van der Waals surface area (Å²) in [6.45, 7) is -0.571. The summed E-state index contributed by atoms with van der Waals surface area (Å²) in [7, 11) is 0. The van der Waals surface area contributed by atoms with Crippen LogP contribution in [0.1, 0.15) is 18.9 Å². The van der Waals surface area contributed by atoms with Gasteiger partial charge in [-0.15, -0.1) is 0 Å². The van der Waals surface area contributed by atoms with E-state index in [9.17, 15) is 8.78 Å². The first-order valence-electron chi connectivity index (χ1n) is 6.13. The standard InChI is InChI=1S/C13H14BrClF2O3/c1-2-9-6-18-13(7-14,20-9)10-4-3-8(15)5-11(10)19-12(16)17/h3-5,9,12H,2,6-7H2,1H3. The molecule has 1 saturated heterocycles. The van der Waals surface area contributed by atoms with Crippen LogP contribution in [0, 0.1) is 0 Å². The van der Waals surface area contributed by atoms with Crippen molar-refractivity contribution in [1.82, 2.24) is 0 Å². The van der Waals surface area contributed by atoms with E-state index in [1.165, 1.54) is 6.07 Å². The first kappa shape index (κ1) is 15.9. The van der Waals surface area contributed by atoms with Crippen molar-refractivity contribution in [3.63, 3.8) is 0 Å². The Labute approximate surface area is 129 Å². The van der Waals surface area contributed by atoms with Crippen molar-refractivity contribution in [2.24, 2.45) is 0 Å². The second-order valence-electron chi connectivity index (χ2n) is 4.36. The summed E-state index contributed by atoms with van der Waals surface area (Å²) in [5.74, 6) is -1.17. The number of ether oxygens (including phenoxy) is 3. The number of halogens is 4. The second kappa shape index (κ2) is 6.56. The minimum atomic E-state index is -2.94. The summed E-state index contributed by atoms with van der Waals surface area (Å²) in [4.78, 5) is 0. The Balaban J connectivity index is 2.39. The van der Waals surface area contributed by atoms with E-state index in [1.54, 1.807) is 12.1 Å². The van der Waals surface area contributed by atoms with Gasteiger partial charge >= 0.3 is 6.61 Å². The van der Waals surface area contributed by atoms with E-state index in [4.69, 9.17) is 21.1 Å². The minimum Gasteiger partial charge on any atom is -0.434 e. The first-order chi connectivity index (χ1) is 9.50. The summed E-state index contributed by atoms with van der Waals surface area (Å²) in [5, 5.41) is 0.608. The van der Waals surface area contributed by atoms with Gasteiger partial charge < -0.3 is 14.2 Å². The van der Waals surface area contributed by atoms with Crippen LogP contribution in [0.4, 0.5) is 8.78 Å². The molecule has 3 nitrogen and oxygen atoms in total. The molecule has 0 aromatic heterocycles. The Hall–Kier alpha value is -0.430. The third-order valence-corrected chi connectivity index (χ3v) is 4.03. The molecule has 1 aromatic rings. The fraction of sp³-hybridized carbons (Fsp3) is 0.538. The molecular weight excluding hydrogens is 357 g/mol. The number of benzene rings is 1. The van der Waals surface area contributed by atoms with E-state index in [-0.39, 0.29) is 11.9 Å². The first-order valence-corrected chi connectivity index (χ1v) is 7.63. The highest BCUT2D eigenvalue weighted by Crippen LogP contribution is 2.42. The molecule has 0 radical (unpaired) electrons. The van der Waals surface area contributed by atoms with Gasteiger partial charge in [0.25, 0.3) is 0 Å². The van der Waals surface area contributed by atoms with E-state index in [0.29, 0.717) is 22.5 Å². The Morgan fingerprint density at radius 3 is 2.85 bits per heavy atom. The molecule has 1 aromatic carbocycles. The molecule has 0 saturated carbocycles. The van der Waals surface area contributed by atoms with Crippen LogP contribution in [0.15, 0.2) is 18.2 Å². The average molecular weight is 372 g/mol. The van der Waals surface area contributed by atoms with Gasteiger partial charge in [0.1, 0.15) is 5.75 Å². The molecule has 0 aliphatic carbocycles. The summed E-state index contributed by atoms with van der Waals surface area (Å²) in [6.07, 6.45) is 0.690. The zero-order chi connectivity index (χ0) is 14.8. The molecule has 1 aliphatic heterocycles. The second-order valence-corrected chi connectivity index (χ2v) is 5.36. The zero-order valence-corrected chi connectivity index (χ0v) is 13.1. The van der Waals surface area contributed by atoms with Crippen LogP contribution < -0.4 is 4.74 Å². The molecule has 1 fully saturated rings. The van der Waals surface area contributed by atoms with Crippen LogP contribution in [-0.4, -0.2) is 24.7 Å². The molecule has 2 atom stereocenters. The lowest BCUT2D eigenvalue weighted by atomic mass is 10.1. The number of rotatable bonds is 5. The van der Waals surface area contributed by atoms with E-state index in [2.05, 4.69) is 20.7 Å². The van der Waals surface area contributed by atoms with Gasteiger partial charge in [-0.3, -0.25) is 0 Å². The lowest BCUT2D eigenvalue weighted by Crippen LogP contribution is -2.31. The minimum absolute atomic E-state index is 0.0382. The van der Waals surface area contributed by atoms with E-state index >= 15 is 0 Å². The lowest BCUT2D eigenvalue weighted by Gasteiger charge is -2.28. The van der Waals surface area contributed by atoms with Gasteiger partial charge in [-0.05, 0) is 24.6 Å². The van der Waals surface area contributed by atoms with Gasteiger partial charge in [0.05, 0.1) is 23.6 Å². The molecule has 1 aliphatic rings. The predicted molar refractivity (Wildman–Crippen MR) is 74.7 cm³/mol. The number of hydrogen-bond donors (Lipinski definition) is 0. The van der Waals surface area contributed by atoms with Crippen molar-refractivity contribution in [2.45, 2.75) is 31.8 Å². The molecule has 0 N–H and O–H groups in total. The quantitative estimate of drug-likeness (QED) is 0.722. The van der Waals surface area contributed by atoms with Gasteiger partial charge in [-0.2, -0.15) is 8.78 Å². The predicted octanol–water partition coefficient (Wildman–Crippen LogP) is 4.31. The third kappa shape index (κ3) is 3.24. The fourth-order valence-electron chi connectivity index (χ4n) is 2.05. The Bertz CT molecular complexity index is 475. The maximum atomic E-state index is 12.5. The maximum Gasteiger partial charge on any atom is 0.387 e. The van der Waals surface area contributed by atoms with Crippen molar-refractivity contribution < 1.29 is 23.0 Å². The van der Waals surface area contributed by atoms with Crippen molar-refractivity contribution in [2.75, 3.05) is 11.9 Å². The van der Waals surface area contributed by atoms with Crippen LogP contribution in [0.3, 0.4) is 0 Å². The van der Waals surface area contributed by atoms with Gasteiger partial charge in [0.15, 0.2) is 0 Å². The summed E-state index contributed by atoms with van der Waals surface area (Å²) < 4.78 is 41.2. The van der Waals surface area contributed by atoms with Crippen LogP contribution in [0.5, 0.6) is 5.75 Å². The molecule has 112 valence electrons. The highest BCUT2D eigenvalue weighted by molar-refractivity contribution is 9.09. The molecule has 20 heavy (non-hydrogen) atoms. The largest absolute Gasteiger partial charge is 0.434 e. The van der Waals surface area contributed by atoms with Crippen molar-refractivity contribution in [3.8, 4) is 5.75 Å². The molecule has 2 rings (SSSR count). The molecule has 0 spiro atoms. The van der Waals surface area contributed by atoms with Gasteiger partial charge in [-0.25, -0.2) is 0 Å². The van der Waals surface area contributed by atoms with Gasteiger partial charge in [0.2, 0.25) is 5.79 Å². The maximum absolute atomic E-state index is 12.5. The Morgan fingerprint density at radius 2 is 2.30 bits per heavy atom. The number of hydrogen-bond acceptors (Lipinski definition) is 3. The van der Waals surface area contributed by atoms with Crippen LogP contribution in [0.2, 0.25) is 5.02 Å². The molecule has 2 unspecified atom stereocenters. The van der Waals surface area contributed by atoms with E-state index in [1.807, 2.05) is 6.92 Å². The SMILES string of the molecule is CCC1COC(CBr)(c2ccc(Cl)cc2OC(F)F)O1. The summed E-state index contributed by atoms with van der Waals surface area (Å²) in [6, 6.07) is 4.50. The lowest BCUT2D eigenvalue weighted by molar-refractivity contribution is -0.159. The highest BCUT2D eigenvalue weighted by Gasteiger charge is 2.44. The van der Waals surface area contributed by atoms with Crippen LogP contribution in [0.25, 0.3) is 0 Å².